The van der Waals surface area contributed by atoms with Crippen LogP contribution in [0.5, 0.6) is 0 Å². The summed E-state index contributed by atoms with van der Waals surface area (Å²) in [6, 6.07) is -0.833. The van der Waals surface area contributed by atoms with Crippen LogP contribution in [0.15, 0.2) is 0 Å². The quantitative estimate of drug-likeness (QED) is 0.309. The number of carbonyl (C=O) groups excluding carboxylic acids is 4. The van der Waals surface area contributed by atoms with E-state index < -0.39 is 45.1 Å². The van der Waals surface area contributed by atoms with E-state index in [1.165, 1.54) is 4.90 Å². The first-order chi connectivity index (χ1) is 18.1. The van der Waals surface area contributed by atoms with Gasteiger partial charge in [-0.3, -0.25) is 24.1 Å². The van der Waals surface area contributed by atoms with Gasteiger partial charge in [-0.2, -0.15) is 5.26 Å². The topological polar surface area (TPSA) is 135 Å². The number of likely N-dealkylation sites (tertiary alicyclic amines) is 1. The Balaban J connectivity index is 2.35. The molecule has 0 aromatic carbocycles. The van der Waals surface area contributed by atoms with Gasteiger partial charge >= 0.3 is 0 Å². The Morgan fingerprint density at radius 3 is 2.23 bits per heavy atom. The summed E-state index contributed by atoms with van der Waals surface area (Å²) in [5.41, 5.74) is -0.765. The van der Waals surface area contributed by atoms with Crippen molar-refractivity contribution >= 4 is 58.4 Å². The molecular formula is C26H41Cl3N6O4. The van der Waals surface area contributed by atoms with Crippen molar-refractivity contribution in [2.45, 2.75) is 94.7 Å². The molecule has 0 radical (unpaired) electrons. The van der Waals surface area contributed by atoms with Gasteiger partial charge in [-0.25, -0.2) is 0 Å². The third kappa shape index (κ3) is 9.10. The average molecular weight is 608 g/mol. The Bertz CT molecular complexity index is 939. The lowest BCUT2D eigenvalue weighted by Crippen LogP contribution is -2.59. The second kappa shape index (κ2) is 14.2. The second-order valence-corrected chi connectivity index (χ2v) is 13.7. The predicted molar refractivity (Wildman–Crippen MR) is 151 cm³/mol. The van der Waals surface area contributed by atoms with Gasteiger partial charge in [-0.05, 0) is 50.6 Å². The standard InChI is InChI=1S/C26H41Cl3N6O4/c1-6-10-34(11-7-2)18-13-19(22(37)32-17(14-30)12-16-8-9-31-21(16)36)35(15-18)23(38)20(25(3,4)5)33-24(39)26(27,28)29/h16-20H,6-13,15H2,1-5H3,(H,31,36)(H,32,37)(H,33,39)/t16-,17?,18+,19-,20+/m0/s1. The summed E-state index contributed by atoms with van der Waals surface area (Å²) in [7, 11) is 0. The minimum Gasteiger partial charge on any atom is -0.356 e. The summed E-state index contributed by atoms with van der Waals surface area (Å²) < 4.78 is -2.26. The van der Waals surface area contributed by atoms with E-state index in [1.807, 2.05) is 0 Å². The zero-order chi connectivity index (χ0) is 29.5. The third-order valence-electron chi connectivity index (χ3n) is 7.20. The maximum absolute atomic E-state index is 14.0. The van der Waals surface area contributed by atoms with Gasteiger partial charge in [0.05, 0.1) is 6.07 Å². The molecule has 0 aromatic heterocycles. The summed E-state index contributed by atoms with van der Waals surface area (Å²) in [6.07, 6.45) is 2.98. The first kappa shape index (κ1) is 33.4. The number of amides is 4. The van der Waals surface area contributed by atoms with Gasteiger partial charge in [0.1, 0.15) is 18.1 Å². The highest BCUT2D eigenvalue weighted by Gasteiger charge is 2.47. The van der Waals surface area contributed by atoms with Gasteiger partial charge in [0.25, 0.3) is 9.70 Å². The molecule has 39 heavy (non-hydrogen) atoms. The van der Waals surface area contributed by atoms with Crippen molar-refractivity contribution in [2.75, 3.05) is 26.2 Å². The molecule has 2 heterocycles. The Labute approximate surface area is 246 Å². The van der Waals surface area contributed by atoms with Crippen molar-refractivity contribution in [3.8, 4) is 6.07 Å². The molecule has 10 nitrogen and oxygen atoms in total. The van der Waals surface area contributed by atoms with Crippen molar-refractivity contribution in [1.82, 2.24) is 25.8 Å². The number of nitrogens with one attached hydrogen (secondary N) is 3. The van der Waals surface area contributed by atoms with Gasteiger partial charge in [0.2, 0.25) is 17.7 Å². The normalized spacial score (nSPS) is 23.2. The number of alkyl halides is 3. The summed E-state index contributed by atoms with van der Waals surface area (Å²) in [6.45, 7) is 11.9. The molecule has 0 aromatic rings. The molecule has 1 unspecified atom stereocenters. The van der Waals surface area contributed by atoms with Crippen molar-refractivity contribution in [3.63, 3.8) is 0 Å². The Morgan fingerprint density at radius 1 is 1.15 bits per heavy atom. The van der Waals surface area contributed by atoms with Gasteiger partial charge in [0.15, 0.2) is 0 Å². The van der Waals surface area contributed by atoms with E-state index in [4.69, 9.17) is 34.8 Å². The van der Waals surface area contributed by atoms with E-state index in [2.05, 4.69) is 40.8 Å². The van der Waals surface area contributed by atoms with E-state index in [0.717, 1.165) is 25.9 Å². The first-order valence-corrected chi connectivity index (χ1v) is 14.7. The van der Waals surface area contributed by atoms with Crippen LogP contribution in [0.3, 0.4) is 0 Å². The van der Waals surface area contributed by atoms with E-state index in [1.54, 1.807) is 20.8 Å². The predicted octanol–water partition coefficient (Wildman–Crippen LogP) is 2.51. The van der Waals surface area contributed by atoms with Gasteiger partial charge in [-0.15, -0.1) is 0 Å². The molecule has 0 spiro atoms. The summed E-state index contributed by atoms with van der Waals surface area (Å²) in [4.78, 5) is 55.9. The second-order valence-electron chi connectivity index (χ2n) is 11.4. The Kier molecular flexibility index (Phi) is 12.2. The molecule has 5 atom stereocenters. The molecule has 13 heteroatoms. The number of hydrogen-bond acceptors (Lipinski definition) is 6. The molecule has 2 fully saturated rings. The van der Waals surface area contributed by atoms with Crippen LogP contribution in [0, 0.1) is 22.7 Å². The Morgan fingerprint density at radius 2 is 1.77 bits per heavy atom. The summed E-state index contributed by atoms with van der Waals surface area (Å²) in [5.74, 6) is -2.35. The average Bonchev–Trinajstić information content (AvgIpc) is 3.46. The number of nitriles is 1. The maximum Gasteiger partial charge on any atom is 0.272 e. The molecule has 3 N–H and O–H groups in total. The highest BCUT2D eigenvalue weighted by Crippen LogP contribution is 2.31. The monoisotopic (exact) mass is 606 g/mol. The lowest BCUT2D eigenvalue weighted by atomic mass is 9.85. The fraction of sp³-hybridized carbons (Fsp3) is 0.808. The molecule has 0 bridgehead atoms. The summed E-state index contributed by atoms with van der Waals surface area (Å²) in [5, 5.41) is 17.8. The van der Waals surface area contributed by atoms with Crippen molar-refractivity contribution in [1.29, 1.82) is 5.26 Å². The van der Waals surface area contributed by atoms with E-state index in [-0.39, 0.29) is 30.8 Å². The highest BCUT2D eigenvalue weighted by atomic mass is 35.6. The van der Waals surface area contributed by atoms with Gasteiger partial charge < -0.3 is 20.9 Å². The molecule has 4 amide bonds. The van der Waals surface area contributed by atoms with E-state index >= 15 is 0 Å². The molecule has 0 aliphatic carbocycles. The zero-order valence-electron chi connectivity index (χ0n) is 23.4. The molecular weight excluding hydrogens is 567 g/mol. The molecule has 2 aliphatic rings. The van der Waals surface area contributed by atoms with E-state index in [9.17, 15) is 24.4 Å². The van der Waals surface area contributed by atoms with Crippen LogP contribution < -0.4 is 16.0 Å². The Hall–Kier alpha value is -1.80. The maximum atomic E-state index is 14.0. The van der Waals surface area contributed by atoms with Crippen LogP contribution >= 0.6 is 34.8 Å². The van der Waals surface area contributed by atoms with Crippen LogP contribution in [0.4, 0.5) is 0 Å². The number of carbonyl (C=O) groups is 4. The smallest absolute Gasteiger partial charge is 0.272 e. The van der Waals surface area contributed by atoms with Crippen LogP contribution in [-0.2, 0) is 19.2 Å². The summed E-state index contributed by atoms with van der Waals surface area (Å²) >= 11 is 17.3. The van der Waals surface area contributed by atoms with Crippen molar-refractivity contribution in [3.05, 3.63) is 0 Å². The molecule has 2 saturated heterocycles. The molecule has 2 rings (SSSR count). The van der Waals surface area contributed by atoms with Gasteiger partial charge in [-0.1, -0.05) is 69.4 Å². The number of nitrogens with zero attached hydrogens (tertiary/aromatic N) is 3. The number of rotatable bonds is 11. The molecule has 0 saturated carbocycles. The number of halogens is 3. The number of hydrogen-bond donors (Lipinski definition) is 3. The zero-order valence-corrected chi connectivity index (χ0v) is 25.6. The molecule has 2 aliphatic heterocycles. The van der Waals surface area contributed by atoms with Crippen LogP contribution in [0.25, 0.3) is 0 Å². The van der Waals surface area contributed by atoms with Crippen LogP contribution in [0.2, 0.25) is 0 Å². The molecule has 220 valence electrons. The minimum atomic E-state index is -2.26. The largest absolute Gasteiger partial charge is 0.356 e. The fourth-order valence-corrected chi connectivity index (χ4v) is 5.38. The van der Waals surface area contributed by atoms with E-state index in [0.29, 0.717) is 19.4 Å². The minimum absolute atomic E-state index is 0.0877. The van der Waals surface area contributed by atoms with Crippen molar-refractivity contribution < 1.29 is 19.2 Å². The van der Waals surface area contributed by atoms with Gasteiger partial charge in [0, 0.05) is 25.0 Å². The SMILES string of the molecule is CCCN(CCC)[C@@H]1C[C@@H](C(=O)NC(C#N)C[C@@H]2CCNC2=O)N(C(=O)[C@@H](NC(=O)C(Cl)(Cl)Cl)C(C)(C)C)C1. The van der Waals surface area contributed by atoms with Crippen LogP contribution in [0.1, 0.15) is 66.7 Å². The fourth-order valence-electron chi connectivity index (χ4n) is 5.22. The lowest BCUT2D eigenvalue weighted by Gasteiger charge is -2.36. The first-order valence-electron chi connectivity index (χ1n) is 13.5. The van der Waals surface area contributed by atoms with Crippen molar-refractivity contribution in [2.24, 2.45) is 11.3 Å². The highest BCUT2D eigenvalue weighted by molar-refractivity contribution is 6.76. The van der Waals surface area contributed by atoms with Crippen LogP contribution in [-0.4, -0.2) is 87.6 Å². The lowest BCUT2D eigenvalue weighted by molar-refractivity contribution is -0.144. The third-order valence-corrected chi connectivity index (χ3v) is 7.72.